The number of amides is 3. The van der Waals surface area contributed by atoms with Crippen molar-refractivity contribution < 1.29 is 14.3 Å². The molecule has 2 aromatic carbocycles. The molecule has 7 nitrogen and oxygen atoms in total. The number of carbonyl (C=O) groups excluding carboxylic acids is 2. The second-order valence-electron chi connectivity index (χ2n) is 5.06. The quantitative estimate of drug-likeness (QED) is 0.702. The van der Waals surface area contributed by atoms with Crippen LogP contribution in [0.1, 0.15) is 15.9 Å². The number of ether oxygens (including phenoxy) is 1. The van der Waals surface area contributed by atoms with Crippen molar-refractivity contribution in [2.75, 3.05) is 25.5 Å². The van der Waals surface area contributed by atoms with E-state index >= 15 is 0 Å². The molecular weight excluding hydrogens is 320 g/mol. The fraction of sp³-hybridized carbons (Fsp3) is 0.167. The highest BCUT2D eigenvalue weighted by Crippen LogP contribution is 2.11. The van der Waals surface area contributed by atoms with Gasteiger partial charge in [0.2, 0.25) is 0 Å². The third-order valence-corrected chi connectivity index (χ3v) is 3.30. The normalized spacial score (nSPS) is 9.60. The van der Waals surface area contributed by atoms with E-state index in [1.165, 1.54) is 0 Å². The van der Waals surface area contributed by atoms with Gasteiger partial charge in [-0.3, -0.25) is 4.79 Å². The van der Waals surface area contributed by atoms with E-state index in [-0.39, 0.29) is 19.0 Å². The van der Waals surface area contributed by atoms with Crippen molar-refractivity contribution in [3.05, 3.63) is 59.7 Å². The van der Waals surface area contributed by atoms with Crippen molar-refractivity contribution in [2.24, 2.45) is 0 Å². The zero-order valence-corrected chi connectivity index (χ0v) is 13.7. The second kappa shape index (κ2) is 8.93. The highest BCUT2D eigenvalue weighted by atomic mass is 16.5. The second-order valence-corrected chi connectivity index (χ2v) is 5.06. The summed E-state index contributed by atoms with van der Waals surface area (Å²) in [7, 11) is 1.56. The summed E-state index contributed by atoms with van der Waals surface area (Å²) >= 11 is 0. The van der Waals surface area contributed by atoms with Crippen molar-refractivity contribution in [3.8, 4) is 11.8 Å². The number of benzene rings is 2. The Morgan fingerprint density at radius 2 is 1.80 bits per heavy atom. The number of nitriles is 1. The Morgan fingerprint density at radius 3 is 2.48 bits per heavy atom. The van der Waals surface area contributed by atoms with Gasteiger partial charge in [-0.1, -0.05) is 6.07 Å². The summed E-state index contributed by atoms with van der Waals surface area (Å²) in [6, 6.07) is 14.9. The Labute approximate surface area is 145 Å². The van der Waals surface area contributed by atoms with Crippen LogP contribution in [0.25, 0.3) is 0 Å². The van der Waals surface area contributed by atoms with Gasteiger partial charge in [0, 0.05) is 24.3 Å². The highest BCUT2D eigenvalue weighted by Gasteiger charge is 2.06. The topological polar surface area (TPSA) is 103 Å². The Balaban J connectivity index is 1.72. The fourth-order valence-electron chi connectivity index (χ4n) is 2.04. The average Bonchev–Trinajstić information content (AvgIpc) is 2.65. The van der Waals surface area contributed by atoms with Crippen molar-refractivity contribution >= 4 is 17.6 Å². The summed E-state index contributed by atoms with van der Waals surface area (Å²) in [6.07, 6.45) is 0. The molecule has 0 heterocycles. The van der Waals surface area contributed by atoms with E-state index in [0.29, 0.717) is 22.6 Å². The van der Waals surface area contributed by atoms with Crippen molar-refractivity contribution in [3.63, 3.8) is 0 Å². The summed E-state index contributed by atoms with van der Waals surface area (Å²) in [5.41, 5.74) is 1.50. The first kappa shape index (κ1) is 17.8. The van der Waals surface area contributed by atoms with Crippen LogP contribution >= 0.6 is 0 Å². The predicted octanol–water partition coefficient (Wildman–Crippen LogP) is 2.12. The van der Waals surface area contributed by atoms with Gasteiger partial charge in [-0.25, -0.2) is 4.79 Å². The molecule has 7 heteroatoms. The molecule has 0 unspecified atom stereocenters. The molecule has 0 saturated carbocycles. The predicted molar refractivity (Wildman–Crippen MR) is 93.5 cm³/mol. The zero-order valence-electron chi connectivity index (χ0n) is 13.7. The van der Waals surface area contributed by atoms with Gasteiger partial charge in [0.1, 0.15) is 5.75 Å². The number of anilines is 1. The van der Waals surface area contributed by atoms with E-state index in [1.54, 1.807) is 55.6 Å². The number of carbonyl (C=O) groups is 2. The molecule has 0 atom stereocenters. The van der Waals surface area contributed by atoms with Crippen molar-refractivity contribution in [1.82, 2.24) is 10.6 Å². The fourth-order valence-corrected chi connectivity index (χ4v) is 2.04. The van der Waals surface area contributed by atoms with Gasteiger partial charge < -0.3 is 20.7 Å². The number of rotatable bonds is 6. The van der Waals surface area contributed by atoms with Crippen molar-refractivity contribution in [2.45, 2.75) is 0 Å². The Hall–Kier alpha value is -3.53. The van der Waals surface area contributed by atoms with Gasteiger partial charge in [-0.15, -0.1) is 0 Å². The lowest BCUT2D eigenvalue weighted by atomic mass is 10.2. The molecule has 128 valence electrons. The molecule has 0 aliphatic heterocycles. The highest BCUT2D eigenvalue weighted by molar-refractivity contribution is 5.94. The average molecular weight is 338 g/mol. The lowest BCUT2D eigenvalue weighted by Gasteiger charge is -2.09. The van der Waals surface area contributed by atoms with E-state index in [4.69, 9.17) is 10.00 Å². The number of urea groups is 1. The number of hydrogen-bond donors (Lipinski definition) is 3. The molecule has 25 heavy (non-hydrogen) atoms. The number of hydrogen-bond acceptors (Lipinski definition) is 4. The van der Waals surface area contributed by atoms with Crippen LogP contribution in [0.3, 0.4) is 0 Å². The number of methoxy groups -OCH3 is 1. The van der Waals surface area contributed by atoms with E-state index in [2.05, 4.69) is 16.0 Å². The molecule has 2 rings (SSSR count). The molecular formula is C18H18N4O3. The lowest BCUT2D eigenvalue weighted by molar-refractivity contribution is 0.0954. The van der Waals surface area contributed by atoms with Gasteiger partial charge in [0.05, 0.1) is 18.7 Å². The monoisotopic (exact) mass is 338 g/mol. The smallest absolute Gasteiger partial charge is 0.319 e. The van der Waals surface area contributed by atoms with E-state index in [1.807, 2.05) is 6.07 Å². The first-order chi connectivity index (χ1) is 12.1. The molecule has 0 saturated heterocycles. The number of nitrogens with one attached hydrogen (secondary N) is 3. The number of nitrogens with zero attached hydrogens (tertiary/aromatic N) is 1. The zero-order chi connectivity index (χ0) is 18.1. The van der Waals surface area contributed by atoms with Crippen LogP contribution < -0.4 is 20.7 Å². The summed E-state index contributed by atoms with van der Waals surface area (Å²) < 4.78 is 5.03. The summed E-state index contributed by atoms with van der Waals surface area (Å²) in [5.74, 6) is 0.446. The molecule has 0 aliphatic carbocycles. The Morgan fingerprint density at radius 1 is 1.08 bits per heavy atom. The minimum absolute atomic E-state index is 0.230. The van der Waals surface area contributed by atoms with Gasteiger partial charge in [0.15, 0.2) is 0 Å². The first-order valence-corrected chi connectivity index (χ1v) is 7.59. The van der Waals surface area contributed by atoms with Gasteiger partial charge in [-0.2, -0.15) is 5.26 Å². The van der Waals surface area contributed by atoms with Crippen LogP contribution in [0.15, 0.2) is 48.5 Å². The van der Waals surface area contributed by atoms with Crippen LogP contribution in [0, 0.1) is 11.3 Å². The van der Waals surface area contributed by atoms with E-state index in [9.17, 15) is 9.59 Å². The van der Waals surface area contributed by atoms with Crippen LogP contribution in [-0.2, 0) is 0 Å². The molecule has 0 aromatic heterocycles. The minimum Gasteiger partial charge on any atom is -0.497 e. The van der Waals surface area contributed by atoms with Gasteiger partial charge >= 0.3 is 6.03 Å². The van der Waals surface area contributed by atoms with E-state index < -0.39 is 6.03 Å². The third kappa shape index (κ3) is 5.55. The van der Waals surface area contributed by atoms with Crippen molar-refractivity contribution in [1.29, 1.82) is 5.26 Å². The third-order valence-electron chi connectivity index (χ3n) is 3.30. The first-order valence-electron chi connectivity index (χ1n) is 7.59. The molecule has 3 N–H and O–H groups in total. The largest absolute Gasteiger partial charge is 0.497 e. The summed E-state index contributed by atoms with van der Waals surface area (Å²) in [4.78, 5) is 23.7. The molecule has 0 aliphatic rings. The van der Waals surface area contributed by atoms with Gasteiger partial charge in [0.25, 0.3) is 5.91 Å². The van der Waals surface area contributed by atoms with Crippen LogP contribution in [-0.4, -0.2) is 32.1 Å². The van der Waals surface area contributed by atoms with Crippen LogP contribution in [0.4, 0.5) is 10.5 Å². The lowest BCUT2D eigenvalue weighted by Crippen LogP contribution is -2.36. The maximum Gasteiger partial charge on any atom is 0.319 e. The Kier molecular flexibility index (Phi) is 6.37. The maximum absolute atomic E-state index is 11.9. The van der Waals surface area contributed by atoms with Crippen LogP contribution in [0.2, 0.25) is 0 Å². The SMILES string of the molecule is COc1ccc(C(=O)NCCNC(=O)Nc2cccc(C#N)c2)cc1. The summed E-state index contributed by atoms with van der Waals surface area (Å²) in [5, 5.41) is 16.8. The molecule has 0 radical (unpaired) electrons. The van der Waals surface area contributed by atoms with E-state index in [0.717, 1.165) is 0 Å². The maximum atomic E-state index is 11.9. The minimum atomic E-state index is -0.409. The van der Waals surface area contributed by atoms with Crippen LogP contribution in [0.5, 0.6) is 5.75 Å². The Bertz CT molecular complexity index is 782. The molecule has 3 amide bonds. The van der Waals surface area contributed by atoms with Gasteiger partial charge in [-0.05, 0) is 42.5 Å². The molecule has 0 bridgehead atoms. The molecule has 0 spiro atoms. The summed E-state index contributed by atoms with van der Waals surface area (Å²) in [6.45, 7) is 0.558. The standard InChI is InChI=1S/C18H18N4O3/c1-25-16-7-5-14(6-8-16)17(23)20-9-10-21-18(24)22-15-4-2-3-13(11-15)12-19/h2-8,11H,9-10H2,1H3,(H,20,23)(H2,21,22,24). The molecule has 0 fully saturated rings. The molecule has 2 aromatic rings.